The molecule has 14 heavy (non-hydrogen) atoms. The molecule has 2 heterocycles. The monoisotopic (exact) mass is 193 g/mol. The number of anilines is 1. The van der Waals surface area contributed by atoms with E-state index in [1.54, 1.807) is 17.2 Å². The molecule has 1 amide bonds. The van der Waals surface area contributed by atoms with E-state index in [1.165, 1.54) is 0 Å². The summed E-state index contributed by atoms with van der Waals surface area (Å²) >= 11 is 0. The van der Waals surface area contributed by atoms with Crippen LogP contribution < -0.4 is 5.73 Å². The van der Waals surface area contributed by atoms with Gasteiger partial charge in [-0.05, 0) is 17.7 Å². The van der Waals surface area contributed by atoms with E-state index < -0.39 is 0 Å². The lowest BCUT2D eigenvalue weighted by Gasteiger charge is -2.12. The van der Waals surface area contributed by atoms with Crippen molar-refractivity contribution >= 4 is 11.9 Å². The third-order valence-corrected chi connectivity index (χ3v) is 2.06. The molecular formula is C9H11N3O2. The van der Waals surface area contributed by atoms with E-state index in [0.29, 0.717) is 25.5 Å². The minimum Gasteiger partial charge on any atom is -0.448 e. The maximum absolute atomic E-state index is 11.1. The summed E-state index contributed by atoms with van der Waals surface area (Å²) in [4.78, 5) is 16.6. The van der Waals surface area contributed by atoms with E-state index in [9.17, 15) is 4.79 Å². The first-order chi connectivity index (χ1) is 6.75. The molecule has 74 valence electrons. The van der Waals surface area contributed by atoms with Gasteiger partial charge < -0.3 is 15.4 Å². The van der Waals surface area contributed by atoms with Crippen LogP contribution in [-0.2, 0) is 11.3 Å². The molecule has 0 spiro atoms. The smallest absolute Gasteiger partial charge is 0.410 e. The number of cyclic esters (lactones) is 1. The van der Waals surface area contributed by atoms with Crippen molar-refractivity contribution in [3.8, 4) is 0 Å². The molecule has 0 aromatic carbocycles. The van der Waals surface area contributed by atoms with Gasteiger partial charge in [-0.15, -0.1) is 0 Å². The Morgan fingerprint density at radius 3 is 3.14 bits per heavy atom. The van der Waals surface area contributed by atoms with Gasteiger partial charge in [0.05, 0.1) is 6.54 Å². The molecule has 0 radical (unpaired) electrons. The third-order valence-electron chi connectivity index (χ3n) is 2.06. The Morgan fingerprint density at radius 1 is 1.64 bits per heavy atom. The standard InChI is InChI=1S/C9H11N3O2/c10-8-5-7(1-2-11-8)6-12-3-4-14-9(12)13/h1-2,5H,3-4,6H2,(H2,10,11). The van der Waals surface area contributed by atoms with E-state index in [2.05, 4.69) is 4.98 Å². The molecule has 1 fully saturated rings. The van der Waals surface area contributed by atoms with Crippen LogP contribution >= 0.6 is 0 Å². The van der Waals surface area contributed by atoms with Crippen LogP contribution in [0, 0.1) is 0 Å². The second kappa shape index (κ2) is 3.53. The summed E-state index contributed by atoms with van der Waals surface area (Å²) < 4.78 is 4.81. The number of nitrogens with zero attached hydrogens (tertiary/aromatic N) is 2. The number of hydrogen-bond acceptors (Lipinski definition) is 4. The minimum absolute atomic E-state index is 0.264. The molecule has 1 aromatic heterocycles. The minimum atomic E-state index is -0.264. The Bertz CT molecular complexity index is 354. The van der Waals surface area contributed by atoms with Crippen molar-refractivity contribution in [2.75, 3.05) is 18.9 Å². The van der Waals surface area contributed by atoms with E-state index >= 15 is 0 Å². The van der Waals surface area contributed by atoms with E-state index in [-0.39, 0.29) is 6.09 Å². The lowest BCUT2D eigenvalue weighted by atomic mass is 10.2. The number of pyridine rings is 1. The van der Waals surface area contributed by atoms with Crippen LogP contribution in [0.2, 0.25) is 0 Å². The lowest BCUT2D eigenvalue weighted by Crippen LogP contribution is -2.23. The zero-order valence-corrected chi connectivity index (χ0v) is 7.64. The highest BCUT2D eigenvalue weighted by atomic mass is 16.6. The van der Waals surface area contributed by atoms with Crippen LogP contribution in [0.25, 0.3) is 0 Å². The predicted molar refractivity (Wildman–Crippen MR) is 50.4 cm³/mol. The Kier molecular flexibility index (Phi) is 2.22. The molecule has 2 rings (SSSR count). The van der Waals surface area contributed by atoms with Gasteiger partial charge in [0.1, 0.15) is 12.4 Å². The van der Waals surface area contributed by atoms with E-state index in [0.717, 1.165) is 5.56 Å². The summed E-state index contributed by atoms with van der Waals surface area (Å²) in [5.41, 5.74) is 6.49. The Balaban J connectivity index is 2.07. The maximum Gasteiger partial charge on any atom is 0.410 e. The van der Waals surface area contributed by atoms with E-state index in [4.69, 9.17) is 10.5 Å². The number of nitrogen functional groups attached to an aromatic ring is 1. The quantitative estimate of drug-likeness (QED) is 0.747. The SMILES string of the molecule is Nc1cc(CN2CCOC2=O)ccn1. The number of hydrogen-bond donors (Lipinski definition) is 1. The van der Waals surface area contributed by atoms with Gasteiger partial charge in [-0.25, -0.2) is 9.78 Å². The molecule has 0 unspecified atom stereocenters. The summed E-state index contributed by atoms with van der Waals surface area (Å²) in [6.07, 6.45) is 1.37. The van der Waals surface area contributed by atoms with Crippen molar-refractivity contribution < 1.29 is 9.53 Å². The molecule has 2 N–H and O–H groups in total. The normalized spacial score (nSPS) is 15.7. The first-order valence-corrected chi connectivity index (χ1v) is 4.38. The summed E-state index contributed by atoms with van der Waals surface area (Å²) in [6, 6.07) is 3.59. The molecule has 0 bridgehead atoms. The topological polar surface area (TPSA) is 68.4 Å². The van der Waals surface area contributed by atoms with Crippen molar-refractivity contribution in [2.45, 2.75) is 6.54 Å². The van der Waals surface area contributed by atoms with Crippen LogP contribution in [0.3, 0.4) is 0 Å². The van der Waals surface area contributed by atoms with Crippen LogP contribution in [-0.4, -0.2) is 29.1 Å². The highest BCUT2D eigenvalue weighted by molar-refractivity contribution is 5.69. The number of amides is 1. The summed E-state index contributed by atoms with van der Waals surface area (Å²) in [5.74, 6) is 0.468. The number of aromatic nitrogens is 1. The summed E-state index contributed by atoms with van der Waals surface area (Å²) in [6.45, 7) is 1.64. The van der Waals surface area contributed by atoms with Gasteiger partial charge in [0, 0.05) is 12.7 Å². The molecule has 1 aromatic rings. The molecule has 1 saturated heterocycles. The average Bonchev–Trinajstić information content (AvgIpc) is 2.52. The fraction of sp³-hybridized carbons (Fsp3) is 0.333. The number of ether oxygens (including phenoxy) is 1. The zero-order valence-electron chi connectivity index (χ0n) is 7.64. The van der Waals surface area contributed by atoms with Crippen molar-refractivity contribution in [2.24, 2.45) is 0 Å². The first-order valence-electron chi connectivity index (χ1n) is 4.38. The highest BCUT2D eigenvalue weighted by Crippen LogP contribution is 2.11. The van der Waals surface area contributed by atoms with Gasteiger partial charge in [0.2, 0.25) is 0 Å². The molecule has 5 nitrogen and oxygen atoms in total. The van der Waals surface area contributed by atoms with Crippen LogP contribution in [0.5, 0.6) is 0 Å². The predicted octanol–water partition coefficient (Wildman–Crippen LogP) is 0.616. The third kappa shape index (κ3) is 1.76. The molecule has 1 aliphatic heterocycles. The number of rotatable bonds is 2. The van der Waals surface area contributed by atoms with Crippen molar-refractivity contribution in [3.05, 3.63) is 23.9 Å². The van der Waals surface area contributed by atoms with Crippen molar-refractivity contribution in [3.63, 3.8) is 0 Å². The summed E-state index contributed by atoms with van der Waals surface area (Å²) in [5, 5.41) is 0. The number of carbonyl (C=O) groups excluding carboxylic acids is 1. The average molecular weight is 193 g/mol. The van der Waals surface area contributed by atoms with Crippen LogP contribution in [0.4, 0.5) is 10.6 Å². The Morgan fingerprint density at radius 2 is 2.50 bits per heavy atom. The molecule has 0 atom stereocenters. The lowest BCUT2D eigenvalue weighted by molar-refractivity contribution is 0.157. The van der Waals surface area contributed by atoms with Gasteiger partial charge in [-0.1, -0.05) is 0 Å². The van der Waals surface area contributed by atoms with Crippen LogP contribution in [0.15, 0.2) is 18.3 Å². The molecule has 1 aliphatic rings. The molecular weight excluding hydrogens is 182 g/mol. The fourth-order valence-electron chi connectivity index (χ4n) is 1.38. The van der Waals surface area contributed by atoms with Gasteiger partial charge in [-0.2, -0.15) is 0 Å². The Hall–Kier alpha value is -1.78. The molecule has 0 aliphatic carbocycles. The van der Waals surface area contributed by atoms with E-state index in [1.807, 2.05) is 6.07 Å². The van der Waals surface area contributed by atoms with Crippen molar-refractivity contribution in [1.29, 1.82) is 0 Å². The van der Waals surface area contributed by atoms with Gasteiger partial charge in [0.15, 0.2) is 0 Å². The second-order valence-electron chi connectivity index (χ2n) is 3.12. The number of nitrogens with two attached hydrogens (primary N) is 1. The Labute approximate surface area is 81.5 Å². The highest BCUT2D eigenvalue weighted by Gasteiger charge is 2.21. The van der Waals surface area contributed by atoms with Gasteiger partial charge in [-0.3, -0.25) is 0 Å². The maximum atomic E-state index is 11.1. The summed E-state index contributed by atoms with van der Waals surface area (Å²) in [7, 11) is 0. The van der Waals surface area contributed by atoms with Crippen molar-refractivity contribution in [1.82, 2.24) is 9.88 Å². The van der Waals surface area contributed by atoms with Gasteiger partial charge >= 0.3 is 6.09 Å². The molecule has 5 heteroatoms. The fourth-order valence-corrected chi connectivity index (χ4v) is 1.38. The number of carbonyl (C=O) groups is 1. The molecule has 0 saturated carbocycles. The largest absolute Gasteiger partial charge is 0.448 e. The zero-order chi connectivity index (χ0) is 9.97. The van der Waals surface area contributed by atoms with Crippen LogP contribution in [0.1, 0.15) is 5.56 Å². The second-order valence-corrected chi connectivity index (χ2v) is 3.12. The first kappa shape index (κ1) is 8.80. The van der Waals surface area contributed by atoms with Gasteiger partial charge in [0.25, 0.3) is 0 Å².